The summed E-state index contributed by atoms with van der Waals surface area (Å²) in [4.78, 5) is 24.5. The van der Waals surface area contributed by atoms with Crippen LogP contribution in [0.25, 0.3) is 11.1 Å². The lowest BCUT2D eigenvalue weighted by Gasteiger charge is -2.16. The second-order valence-electron chi connectivity index (χ2n) is 6.13. The second kappa shape index (κ2) is 6.64. The fourth-order valence-electron chi connectivity index (χ4n) is 3.35. The molecular formula is C21H14F2N2O2. The van der Waals surface area contributed by atoms with E-state index in [0.717, 1.165) is 17.2 Å². The average molecular weight is 364 g/mol. The van der Waals surface area contributed by atoms with E-state index in [9.17, 15) is 18.4 Å². The maximum absolute atomic E-state index is 14.4. The maximum atomic E-state index is 14.4. The Balaban J connectivity index is 1.60. The molecule has 0 heterocycles. The standard InChI is InChI=1S/C21H14F2N2O2/c22-16-10-4-3-8-15(16)20(26)25-21(27)24-19-14-7-2-1-6-12(14)13-9-5-11-17(23)18(13)19/h1-11,19H,(H2,24,25,26,27). The number of rotatable bonds is 2. The van der Waals surface area contributed by atoms with Crippen molar-refractivity contribution in [1.29, 1.82) is 0 Å². The molecule has 0 spiro atoms. The number of halogens is 2. The highest BCUT2D eigenvalue weighted by molar-refractivity contribution is 6.04. The van der Waals surface area contributed by atoms with Crippen molar-refractivity contribution in [3.63, 3.8) is 0 Å². The van der Waals surface area contributed by atoms with Crippen molar-refractivity contribution in [3.8, 4) is 11.1 Å². The fraction of sp³-hybridized carbons (Fsp3) is 0.0476. The van der Waals surface area contributed by atoms with Crippen LogP contribution >= 0.6 is 0 Å². The Bertz CT molecular complexity index is 1070. The van der Waals surface area contributed by atoms with Crippen LogP contribution in [-0.4, -0.2) is 11.9 Å². The lowest BCUT2D eigenvalue weighted by Crippen LogP contribution is -2.41. The van der Waals surface area contributed by atoms with E-state index < -0.39 is 29.6 Å². The van der Waals surface area contributed by atoms with E-state index in [1.807, 2.05) is 12.1 Å². The largest absolute Gasteiger partial charge is 0.327 e. The number of urea groups is 1. The third kappa shape index (κ3) is 2.95. The number of carbonyl (C=O) groups excluding carboxylic acids is 2. The van der Waals surface area contributed by atoms with Gasteiger partial charge in [0.15, 0.2) is 0 Å². The summed E-state index contributed by atoms with van der Waals surface area (Å²) < 4.78 is 28.1. The van der Waals surface area contributed by atoms with E-state index in [0.29, 0.717) is 11.1 Å². The minimum atomic E-state index is -0.870. The molecule has 134 valence electrons. The molecule has 0 fully saturated rings. The lowest BCUT2D eigenvalue weighted by molar-refractivity contribution is 0.0959. The summed E-state index contributed by atoms with van der Waals surface area (Å²) in [5.41, 5.74) is 2.33. The van der Waals surface area contributed by atoms with Gasteiger partial charge in [-0.2, -0.15) is 0 Å². The van der Waals surface area contributed by atoms with E-state index in [1.54, 1.807) is 24.3 Å². The number of hydrogen-bond donors (Lipinski definition) is 2. The SMILES string of the molecule is O=C(NC(=O)c1ccccc1F)NC1c2ccccc2-c2cccc(F)c21. The summed E-state index contributed by atoms with van der Waals surface area (Å²) in [7, 11) is 0. The third-order valence-corrected chi connectivity index (χ3v) is 4.52. The van der Waals surface area contributed by atoms with Crippen LogP contribution in [0, 0.1) is 11.6 Å². The third-order valence-electron chi connectivity index (χ3n) is 4.52. The van der Waals surface area contributed by atoms with E-state index in [2.05, 4.69) is 10.6 Å². The molecule has 0 saturated heterocycles. The topological polar surface area (TPSA) is 58.2 Å². The van der Waals surface area contributed by atoms with E-state index in [4.69, 9.17) is 0 Å². The highest BCUT2D eigenvalue weighted by atomic mass is 19.1. The minimum absolute atomic E-state index is 0.244. The molecule has 4 rings (SSSR count). The molecule has 1 aliphatic rings. The zero-order chi connectivity index (χ0) is 19.0. The van der Waals surface area contributed by atoms with Gasteiger partial charge in [-0.1, -0.05) is 48.5 Å². The molecule has 0 radical (unpaired) electrons. The molecule has 4 nitrogen and oxygen atoms in total. The molecule has 3 amide bonds. The Morgan fingerprint density at radius 2 is 1.44 bits per heavy atom. The Labute approximate surface area is 153 Å². The highest BCUT2D eigenvalue weighted by Crippen LogP contribution is 2.44. The first kappa shape index (κ1) is 16.9. The molecule has 0 aromatic heterocycles. The van der Waals surface area contributed by atoms with Crippen molar-refractivity contribution >= 4 is 11.9 Å². The number of benzene rings is 3. The molecule has 0 bridgehead atoms. The molecular weight excluding hydrogens is 350 g/mol. The Morgan fingerprint density at radius 3 is 2.26 bits per heavy atom. The van der Waals surface area contributed by atoms with Crippen molar-refractivity contribution < 1.29 is 18.4 Å². The Kier molecular flexibility index (Phi) is 4.16. The van der Waals surface area contributed by atoms with Gasteiger partial charge in [0, 0.05) is 5.56 Å². The van der Waals surface area contributed by atoms with Gasteiger partial charge in [-0.15, -0.1) is 0 Å². The van der Waals surface area contributed by atoms with Gasteiger partial charge in [-0.25, -0.2) is 13.6 Å². The van der Waals surface area contributed by atoms with Gasteiger partial charge in [0.2, 0.25) is 0 Å². The predicted molar refractivity (Wildman–Crippen MR) is 96.1 cm³/mol. The smallest absolute Gasteiger partial charge is 0.322 e. The first-order chi connectivity index (χ1) is 13.1. The van der Waals surface area contributed by atoms with Crippen LogP contribution in [0.2, 0.25) is 0 Å². The van der Waals surface area contributed by atoms with Gasteiger partial charge in [0.05, 0.1) is 11.6 Å². The van der Waals surface area contributed by atoms with Crippen LogP contribution in [-0.2, 0) is 0 Å². The second-order valence-corrected chi connectivity index (χ2v) is 6.13. The summed E-state index contributed by atoms with van der Waals surface area (Å²) in [5, 5.41) is 4.71. The monoisotopic (exact) mass is 364 g/mol. The Morgan fingerprint density at radius 1 is 0.778 bits per heavy atom. The summed E-state index contributed by atoms with van der Waals surface area (Å²) in [5.74, 6) is -2.05. The van der Waals surface area contributed by atoms with Crippen molar-refractivity contribution in [2.24, 2.45) is 0 Å². The molecule has 3 aromatic rings. The summed E-state index contributed by atoms with van der Waals surface area (Å²) >= 11 is 0. The lowest BCUT2D eigenvalue weighted by atomic mass is 10.1. The highest BCUT2D eigenvalue weighted by Gasteiger charge is 2.32. The van der Waals surface area contributed by atoms with Crippen molar-refractivity contribution in [1.82, 2.24) is 10.6 Å². The first-order valence-electron chi connectivity index (χ1n) is 8.30. The van der Waals surface area contributed by atoms with Gasteiger partial charge >= 0.3 is 6.03 Å². The normalized spacial score (nSPS) is 14.2. The molecule has 1 aliphatic carbocycles. The molecule has 0 saturated carbocycles. The number of imide groups is 1. The van der Waals surface area contributed by atoms with Crippen molar-refractivity contribution in [2.75, 3.05) is 0 Å². The van der Waals surface area contributed by atoms with Crippen LogP contribution in [0.1, 0.15) is 27.5 Å². The van der Waals surface area contributed by atoms with Crippen LogP contribution in [0.15, 0.2) is 66.7 Å². The van der Waals surface area contributed by atoms with Crippen molar-refractivity contribution in [3.05, 3.63) is 95.1 Å². The predicted octanol–water partition coefficient (Wildman–Crippen LogP) is 4.17. The van der Waals surface area contributed by atoms with Gasteiger partial charge < -0.3 is 5.32 Å². The van der Waals surface area contributed by atoms with Gasteiger partial charge in [-0.3, -0.25) is 10.1 Å². The van der Waals surface area contributed by atoms with Crippen LogP contribution < -0.4 is 10.6 Å². The molecule has 1 unspecified atom stereocenters. The zero-order valence-corrected chi connectivity index (χ0v) is 14.0. The quantitative estimate of drug-likeness (QED) is 0.717. The summed E-state index contributed by atoms with van der Waals surface area (Å²) in [6.45, 7) is 0. The molecule has 27 heavy (non-hydrogen) atoms. The van der Waals surface area contributed by atoms with Crippen LogP contribution in [0.5, 0.6) is 0 Å². The molecule has 2 N–H and O–H groups in total. The van der Waals surface area contributed by atoms with E-state index in [-0.39, 0.29) is 5.56 Å². The number of nitrogens with one attached hydrogen (secondary N) is 2. The average Bonchev–Trinajstić information content (AvgIpc) is 2.97. The number of amides is 3. The van der Waals surface area contributed by atoms with Crippen LogP contribution in [0.4, 0.5) is 13.6 Å². The Hall–Kier alpha value is -3.54. The number of fused-ring (bicyclic) bond motifs is 3. The number of carbonyl (C=O) groups is 2. The summed E-state index contributed by atoms with van der Waals surface area (Å²) in [6.07, 6.45) is 0. The van der Waals surface area contributed by atoms with E-state index in [1.165, 1.54) is 24.3 Å². The number of hydrogen-bond acceptors (Lipinski definition) is 2. The van der Waals surface area contributed by atoms with Crippen molar-refractivity contribution in [2.45, 2.75) is 6.04 Å². The fourth-order valence-corrected chi connectivity index (χ4v) is 3.35. The first-order valence-corrected chi connectivity index (χ1v) is 8.30. The van der Waals surface area contributed by atoms with Gasteiger partial charge in [0.25, 0.3) is 5.91 Å². The van der Waals surface area contributed by atoms with Gasteiger partial charge in [-0.05, 0) is 34.9 Å². The molecule has 1 atom stereocenters. The molecule has 6 heteroatoms. The van der Waals surface area contributed by atoms with E-state index >= 15 is 0 Å². The molecule has 3 aromatic carbocycles. The zero-order valence-electron chi connectivity index (χ0n) is 14.0. The summed E-state index contributed by atoms with van der Waals surface area (Å²) in [6, 6.07) is 15.7. The minimum Gasteiger partial charge on any atom is -0.327 e. The van der Waals surface area contributed by atoms with Gasteiger partial charge in [0.1, 0.15) is 11.6 Å². The molecule has 0 aliphatic heterocycles. The maximum Gasteiger partial charge on any atom is 0.322 e. The van der Waals surface area contributed by atoms with Crippen LogP contribution in [0.3, 0.4) is 0 Å².